The molecule has 16 heteroatoms. The molecule has 0 spiro atoms. The molecule has 1 aromatic heterocycles. The van der Waals surface area contributed by atoms with Gasteiger partial charge in [-0.25, -0.2) is 9.98 Å². The smallest absolute Gasteiger partial charge is 0.316 e. The third kappa shape index (κ3) is 10.3. The molecule has 3 fully saturated rings. The molecule has 4 bridgehead atoms. The number of oxime groups is 1. The number of aryl methyl sites for hydroxylation is 1. The summed E-state index contributed by atoms with van der Waals surface area (Å²) >= 11 is 5.98. The van der Waals surface area contributed by atoms with Gasteiger partial charge in [0.25, 0.3) is 5.91 Å². The van der Waals surface area contributed by atoms with Crippen molar-refractivity contribution in [2.75, 3.05) is 27.3 Å². The van der Waals surface area contributed by atoms with Crippen LogP contribution >= 0.6 is 11.6 Å². The first-order chi connectivity index (χ1) is 27.3. The third-order valence-electron chi connectivity index (χ3n) is 12.4. The normalized spacial score (nSPS) is 40.4. The average Bonchev–Trinajstić information content (AvgIpc) is 3.20. The number of halogens is 1. The molecule has 5 rings (SSSR count). The standard InChI is InChI=1S/C42H63ClN4O11/c1-11-31-42(8,52)37-24(4)33-22(2)18-41(7,36(25(5)34(48)26(6)39(51)56-31)57-40-35(49)29(47(9)10)17-23(3)55-40)54-21-28(20-53-37)46-58-30(38(50)45-33)14-12-13-27-15-16-32(43)44-19-27/h15-16,19,22-26,29-31,35-37,40,49,52H,11-14,17-18,20-21H2,1-10H3/b45-33?,46-28-/t22-,23-,24+,25+,26-,29+,30?,31-,35-,36-,37-,40+,41-,42-/m1/s1. The first-order valence-electron chi connectivity index (χ1n) is 20.6. The summed E-state index contributed by atoms with van der Waals surface area (Å²) in [6, 6.07) is 3.28. The maximum absolute atomic E-state index is 14.4. The van der Waals surface area contributed by atoms with Crippen LogP contribution in [0.25, 0.3) is 0 Å². The highest BCUT2D eigenvalue weighted by atomic mass is 35.5. The molecule has 0 radical (unpaired) electrons. The van der Waals surface area contributed by atoms with Crippen molar-refractivity contribution >= 4 is 40.7 Å². The Labute approximate surface area is 347 Å². The van der Waals surface area contributed by atoms with E-state index in [0.29, 0.717) is 30.1 Å². The van der Waals surface area contributed by atoms with Gasteiger partial charge in [0, 0.05) is 29.8 Å². The van der Waals surface area contributed by atoms with Crippen LogP contribution in [-0.2, 0) is 49.3 Å². The van der Waals surface area contributed by atoms with Gasteiger partial charge in [-0.3, -0.25) is 14.4 Å². The highest BCUT2D eigenvalue weighted by Gasteiger charge is 2.53. The average molecular weight is 835 g/mol. The third-order valence-corrected chi connectivity index (χ3v) is 12.6. The minimum atomic E-state index is -1.82. The van der Waals surface area contributed by atoms with E-state index in [1.165, 1.54) is 13.8 Å². The number of ether oxygens (including phenoxy) is 5. The SMILES string of the molecule is CC[C@H]1OC(=O)[C@H](C)C(=O)[C@H](C)[C@@H](O[C@@H]2O[C@H](C)C[C@H](N(C)C)[C@H]2O)[C@@]2(C)C[C@@H](C)C3=NC(=O)C(CCCc4ccc(Cl)nc4)O/N=C(/CO[C@H]([C@H]3C)[C@]1(C)O)CO2. The highest BCUT2D eigenvalue weighted by molar-refractivity contribution is 6.29. The van der Waals surface area contributed by atoms with Crippen LogP contribution in [-0.4, -0.2) is 137 Å². The molecular weight excluding hydrogens is 772 g/mol. The zero-order chi connectivity index (χ0) is 42.7. The Hall–Kier alpha value is -2.89. The highest BCUT2D eigenvalue weighted by Crippen LogP contribution is 2.40. The maximum atomic E-state index is 14.4. The second kappa shape index (κ2) is 19.2. The van der Waals surface area contributed by atoms with Crippen LogP contribution in [0.4, 0.5) is 0 Å². The number of esters is 1. The fourth-order valence-electron chi connectivity index (χ4n) is 9.03. The van der Waals surface area contributed by atoms with Crippen molar-refractivity contribution in [3.63, 3.8) is 0 Å². The molecule has 5 heterocycles. The van der Waals surface area contributed by atoms with E-state index >= 15 is 0 Å². The second-order valence-corrected chi connectivity index (χ2v) is 17.7. The molecule has 324 valence electrons. The van der Waals surface area contributed by atoms with Gasteiger partial charge in [-0.2, -0.15) is 0 Å². The summed E-state index contributed by atoms with van der Waals surface area (Å²) in [4.78, 5) is 59.4. The summed E-state index contributed by atoms with van der Waals surface area (Å²) in [6.45, 7) is 13.5. The number of Topliss-reactive ketones (excluding diaryl/α,β-unsaturated/α-hetero) is 1. The number of rotatable bonds is 8. The van der Waals surface area contributed by atoms with E-state index in [0.717, 1.165) is 5.56 Å². The van der Waals surface area contributed by atoms with E-state index in [4.69, 9.17) is 45.1 Å². The Balaban J connectivity index is 1.64. The lowest BCUT2D eigenvalue weighted by molar-refractivity contribution is -0.296. The number of nitrogens with zero attached hydrogens (tertiary/aromatic N) is 4. The second-order valence-electron chi connectivity index (χ2n) is 17.3. The number of hydrogen-bond donors (Lipinski definition) is 2. The number of aromatic nitrogens is 1. The van der Waals surface area contributed by atoms with Gasteiger partial charge in [-0.05, 0) is 97.9 Å². The van der Waals surface area contributed by atoms with Crippen molar-refractivity contribution < 1.29 is 53.1 Å². The molecule has 58 heavy (non-hydrogen) atoms. The van der Waals surface area contributed by atoms with Crippen molar-refractivity contribution in [1.82, 2.24) is 9.88 Å². The minimum absolute atomic E-state index is 0.161. The number of amides is 1. The van der Waals surface area contributed by atoms with Crippen molar-refractivity contribution in [2.24, 2.45) is 33.8 Å². The maximum Gasteiger partial charge on any atom is 0.316 e. The Morgan fingerprint density at radius 3 is 2.43 bits per heavy atom. The van der Waals surface area contributed by atoms with E-state index in [1.54, 1.807) is 33.0 Å². The molecule has 15 nitrogen and oxygen atoms in total. The summed E-state index contributed by atoms with van der Waals surface area (Å²) in [5, 5.41) is 28.8. The number of fused-ring (bicyclic) bond motifs is 4. The Kier molecular flexibility index (Phi) is 15.3. The van der Waals surface area contributed by atoms with Crippen LogP contribution < -0.4 is 0 Å². The van der Waals surface area contributed by atoms with Crippen molar-refractivity contribution in [1.29, 1.82) is 0 Å². The number of aliphatic hydroxyl groups excluding tert-OH is 1. The number of aliphatic hydroxyl groups is 2. The van der Waals surface area contributed by atoms with Crippen LogP contribution in [0.15, 0.2) is 28.5 Å². The fraction of sp³-hybridized carbons (Fsp3) is 0.762. The van der Waals surface area contributed by atoms with Crippen LogP contribution in [0.1, 0.15) is 93.1 Å². The van der Waals surface area contributed by atoms with Gasteiger partial charge in [-0.1, -0.05) is 50.5 Å². The van der Waals surface area contributed by atoms with Gasteiger partial charge in [0.05, 0.1) is 37.1 Å². The number of aliphatic imine (C=N–C) groups is 1. The summed E-state index contributed by atoms with van der Waals surface area (Å²) in [7, 11) is 3.74. The zero-order valence-corrected chi connectivity index (χ0v) is 36.3. The Morgan fingerprint density at radius 1 is 1.05 bits per heavy atom. The van der Waals surface area contributed by atoms with Gasteiger partial charge in [0.15, 0.2) is 12.1 Å². The number of carbonyl (C=O) groups excluding carboxylic acids is 3. The number of likely N-dealkylation sites (N-methyl/N-ethyl adjacent to an activating group) is 1. The van der Waals surface area contributed by atoms with Crippen molar-refractivity contribution in [3.8, 4) is 0 Å². The first kappa shape index (κ1) is 46.2. The molecule has 4 aliphatic heterocycles. The quantitative estimate of drug-likeness (QED) is 0.214. The summed E-state index contributed by atoms with van der Waals surface area (Å²) in [5.74, 6) is -5.36. The number of pyridine rings is 1. The predicted molar refractivity (Wildman–Crippen MR) is 215 cm³/mol. The molecule has 0 aromatic carbocycles. The fourth-order valence-corrected chi connectivity index (χ4v) is 9.14. The van der Waals surface area contributed by atoms with E-state index in [-0.39, 0.29) is 50.3 Å². The summed E-state index contributed by atoms with van der Waals surface area (Å²) in [6.07, 6.45) is -2.84. The monoisotopic (exact) mass is 834 g/mol. The molecule has 1 aromatic rings. The van der Waals surface area contributed by atoms with Crippen LogP contribution in [0.3, 0.4) is 0 Å². The summed E-state index contributed by atoms with van der Waals surface area (Å²) < 4.78 is 32.4. The van der Waals surface area contributed by atoms with Crippen molar-refractivity contribution in [3.05, 3.63) is 29.0 Å². The number of ketones is 1. The van der Waals surface area contributed by atoms with E-state index in [2.05, 4.69) is 10.1 Å². The molecular formula is C42H63ClN4O11. The number of carbonyl (C=O) groups is 3. The Morgan fingerprint density at radius 2 is 1.78 bits per heavy atom. The zero-order valence-electron chi connectivity index (χ0n) is 35.6. The number of hydrogen-bond acceptors (Lipinski definition) is 14. The van der Waals surface area contributed by atoms with Gasteiger partial charge >= 0.3 is 5.97 Å². The predicted octanol–water partition coefficient (Wildman–Crippen LogP) is 4.36. The molecule has 0 saturated carbocycles. The molecule has 1 amide bonds. The lowest BCUT2D eigenvalue weighted by Gasteiger charge is -2.47. The van der Waals surface area contributed by atoms with E-state index in [1.807, 2.05) is 45.8 Å². The number of cyclic esters (lactones) is 1. The van der Waals surface area contributed by atoms with Crippen LogP contribution in [0.2, 0.25) is 5.15 Å². The van der Waals surface area contributed by atoms with Gasteiger partial charge in [0.2, 0.25) is 6.10 Å². The van der Waals surface area contributed by atoms with Gasteiger partial charge < -0.3 is 43.6 Å². The molecule has 2 N–H and O–H groups in total. The van der Waals surface area contributed by atoms with E-state index < -0.39 is 89.3 Å². The van der Waals surface area contributed by atoms with Crippen LogP contribution in [0.5, 0.6) is 0 Å². The lowest BCUT2D eigenvalue weighted by Crippen LogP contribution is -2.60. The molecule has 0 aliphatic carbocycles. The Bertz CT molecular complexity index is 1670. The topological polar surface area (TPSA) is 188 Å². The van der Waals surface area contributed by atoms with Crippen LogP contribution in [0, 0.1) is 23.7 Å². The van der Waals surface area contributed by atoms with Crippen molar-refractivity contribution in [2.45, 2.75) is 154 Å². The summed E-state index contributed by atoms with van der Waals surface area (Å²) in [5.41, 5.74) is -1.58. The largest absolute Gasteiger partial charge is 0.459 e. The minimum Gasteiger partial charge on any atom is -0.459 e. The first-order valence-corrected chi connectivity index (χ1v) is 21.0. The molecule has 3 saturated heterocycles. The lowest BCUT2D eigenvalue weighted by atomic mass is 9.73. The van der Waals surface area contributed by atoms with Gasteiger partial charge in [0.1, 0.15) is 34.6 Å². The van der Waals surface area contributed by atoms with Gasteiger partial charge in [-0.15, -0.1) is 0 Å². The van der Waals surface area contributed by atoms with E-state index in [9.17, 15) is 24.6 Å². The molecule has 4 aliphatic rings. The molecule has 14 atom stereocenters. The molecule has 1 unspecified atom stereocenters.